The van der Waals surface area contributed by atoms with E-state index in [0.717, 1.165) is 0 Å². The first-order valence-corrected chi connectivity index (χ1v) is 6.60. The zero-order valence-electron chi connectivity index (χ0n) is 11.4. The molecular formula is C15H14O6. The first-order valence-electron chi connectivity index (χ1n) is 6.60. The maximum absolute atomic E-state index is 12.3. The summed E-state index contributed by atoms with van der Waals surface area (Å²) in [4.78, 5) is 34.6. The number of Topliss-reactive ketones (excluding diaryl/α,β-unsaturated/α-hetero) is 1. The van der Waals surface area contributed by atoms with Crippen molar-refractivity contribution in [3.05, 3.63) is 35.9 Å². The standard InChI is InChI=1S/C15H14O6/c1-15-10(7-19-8-16)11(17)12(13(15)21-15)20-14(18)9-5-3-2-4-6-9/h2-6,8,10,12-13H,7H2,1H3/t10-,12-,13-,15+/m0/s1. The summed E-state index contributed by atoms with van der Waals surface area (Å²) in [5.74, 6) is -1.43. The van der Waals surface area contributed by atoms with Crippen molar-refractivity contribution in [2.24, 2.45) is 5.92 Å². The minimum absolute atomic E-state index is 0.0608. The average molecular weight is 290 g/mol. The van der Waals surface area contributed by atoms with Crippen LogP contribution in [0.15, 0.2) is 30.3 Å². The van der Waals surface area contributed by atoms with Crippen molar-refractivity contribution in [3.63, 3.8) is 0 Å². The van der Waals surface area contributed by atoms with E-state index in [1.807, 2.05) is 0 Å². The average Bonchev–Trinajstić information content (AvgIpc) is 3.12. The fourth-order valence-electron chi connectivity index (χ4n) is 2.77. The maximum Gasteiger partial charge on any atom is 0.338 e. The Labute approximate surface area is 121 Å². The number of hydrogen-bond donors (Lipinski definition) is 0. The molecule has 0 N–H and O–H groups in total. The Kier molecular flexibility index (Phi) is 3.25. The van der Waals surface area contributed by atoms with E-state index in [9.17, 15) is 14.4 Å². The minimum Gasteiger partial charge on any atom is -0.467 e. The summed E-state index contributed by atoms with van der Waals surface area (Å²) in [5, 5.41) is 0. The molecule has 0 aromatic heterocycles. The number of ketones is 1. The summed E-state index contributed by atoms with van der Waals surface area (Å²) in [6, 6.07) is 8.44. The molecule has 6 nitrogen and oxygen atoms in total. The SMILES string of the molecule is C[C@]12O[C@H]1[C@@H](OC(=O)c1ccccc1)C(=O)[C@@H]2COC=O. The van der Waals surface area contributed by atoms with Crippen molar-refractivity contribution in [2.75, 3.05) is 6.61 Å². The van der Waals surface area contributed by atoms with Gasteiger partial charge in [0.1, 0.15) is 18.3 Å². The van der Waals surface area contributed by atoms with Gasteiger partial charge in [0.15, 0.2) is 11.9 Å². The van der Waals surface area contributed by atoms with Crippen LogP contribution >= 0.6 is 0 Å². The molecular weight excluding hydrogens is 276 g/mol. The van der Waals surface area contributed by atoms with Crippen LogP contribution in [0.1, 0.15) is 17.3 Å². The predicted molar refractivity (Wildman–Crippen MR) is 69.4 cm³/mol. The first-order chi connectivity index (χ1) is 10.1. The molecule has 2 fully saturated rings. The molecule has 1 aliphatic carbocycles. The van der Waals surface area contributed by atoms with Crippen molar-refractivity contribution in [3.8, 4) is 0 Å². The molecule has 0 bridgehead atoms. The number of hydrogen-bond acceptors (Lipinski definition) is 6. The Hall–Kier alpha value is -2.21. The zero-order valence-corrected chi connectivity index (χ0v) is 11.4. The third-order valence-electron chi connectivity index (χ3n) is 4.05. The molecule has 1 saturated heterocycles. The van der Waals surface area contributed by atoms with Crippen LogP contribution in [0.25, 0.3) is 0 Å². The molecule has 2 aliphatic rings. The fourth-order valence-corrected chi connectivity index (χ4v) is 2.77. The number of benzene rings is 1. The number of carbonyl (C=O) groups is 3. The van der Waals surface area contributed by atoms with Crippen LogP contribution in [0.3, 0.4) is 0 Å². The molecule has 0 amide bonds. The van der Waals surface area contributed by atoms with Crippen LogP contribution in [0.2, 0.25) is 0 Å². The topological polar surface area (TPSA) is 82.2 Å². The van der Waals surface area contributed by atoms with Gasteiger partial charge in [0, 0.05) is 0 Å². The minimum atomic E-state index is -0.942. The Morgan fingerprint density at radius 2 is 2.10 bits per heavy atom. The predicted octanol–water partition coefficient (Wildman–Crippen LogP) is 0.741. The Morgan fingerprint density at radius 3 is 2.76 bits per heavy atom. The number of carbonyl (C=O) groups excluding carboxylic acids is 3. The van der Waals surface area contributed by atoms with Gasteiger partial charge in [0.2, 0.25) is 0 Å². The fraction of sp³-hybridized carbons (Fsp3) is 0.400. The molecule has 110 valence electrons. The Bertz CT molecular complexity index is 583. The van der Waals surface area contributed by atoms with Crippen molar-refractivity contribution in [1.29, 1.82) is 0 Å². The number of epoxide rings is 1. The van der Waals surface area contributed by atoms with E-state index >= 15 is 0 Å². The number of fused-ring (bicyclic) bond motifs is 1. The van der Waals surface area contributed by atoms with E-state index in [0.29, 0.717) is 5.56 Å². The summed E-state index contributed by atoms with van der Waals surface area (Å²) >= 11 is 0. The molecule has 6 heteroatoms. The van der Waals surface area contributed by atoms with E-state index in [-0.39, 0.29) is 18.9 Å². The first kappa shape index (κ1) is 13.8. The summed E-state index contributed by atoms with van der Waals surface area (Å²) in [6.07, 6.45) is -1.40. The van der Waals surface area contributed by atoms with E-state index in [4.69, 9.17) is 9.47 Å². The largest absolute Gasteiger partial charge is 0.467 e. The second kappa shape index (κ2) is 4.96. The van der Waals surface area contributed by atoms with Gasteiger partial charge < -0.3 is 14.2 Å². The molecule has 0 radical (unpaired) electrons. The lowest BCUT2D eigenvalue weighted by atomic mass is 9.97. The van der Waals surface area contributed by atoms with Gasteiger partial charge in [-0.1, -0.05) is 18.2 Å². The Balaban J connectivity index is 1.71. The van der Waals surface area contributed by atoms with E-state index in [1.54, 1.807) is 37.3 Å². The van der Waals surface area contributed by atoms with Crippen LogP contribution in [0.5, 0.6) is 0 Å². The second-order valence-electron chi connectivity index (χ2n) is 5.30. The molecule has 4 atom stereocenters. The third-order valence-corrected chi connectivity index (χ3v) is 4.05. The van der Waals surface area contributed by atoms with Gasteiger partial charge in [-0.05, 0) is 19.1 Å². The smallest absolute Gasteiger partial charge is 0.338 e. The highest BCUT2D eigenvalue weighted by Crippen LogP contribution is 2.52. The third kappa shape index (κ3) is 2.21. The number of ether oxygens (including phenoxy) is 3. The molecule has 3 rings (SSSR count). The highest BCUT2D eigenvalue weighted by molar-refractivity contribution is 5.96. The molecule has 1 saturated carbocycles. The van der Waals surface area contributed by atoms with Gasteiger partial charge >= 0.3 is 5.97 Å². The molecule has 1 aromatic rings. The summed E-state index contributed by atoms with van der Waals surface area (Å²) in [5.41, 5.74) is -0.331. The van der Waals surface area contributed by atoms with Crippen LogP contribution in [-0.4, -0.2) is 42.6 Å². The van der Waals surface area contributed by atoms with E-state index < -0.39 is 29.7 Å². The Morgan fingerprint density at radius 1 is 1.38 bits per heavy atom. The maximum atomic E-state index is 12.3. The van der Waals surface area contributed by atoms with E-state index in [2.05, 4.69) is 4.74 Å². The van der Waals surface area contributed by atoms with Crippen LogP contribution in [0, 0.1) is 5.92 Å². The number of rotatable bonds is 5. The van der Waals surface area contributed by atoms with Gasteiger partial charge in [-0.25, -0.2) is 4.79 Å². The monoisotopic (exact) mass is 290 g/mol. The molecule has 21 heavy (non-hydrogen) atoms. The van der Waals surface area contributed by atoms with Gasteiger partial charge in [-0.3, -0.25) is 9.59 Å². The lowest BCUT2D eigenvalue weighted by molar-refractivity contribution is -0.139. The van der Waals surface area contributed by atoms with Gasteiger partial charge in [0.05, 0.1) is 11.5 Å². The molecule has 1 heterocycles. The molecule has 0 unspecified atom stereocenters. The molecule has 1 aromatic carbocycles. The van der Waals surface area contributed by atoms with Crippen molar-refractivity contribution in [1.82, 2.24) is 0 Å². The van der Waals surface area contributed by atoms with Crippen LogP contribution in [-0.2, 0) is 23.8 Å². The van der Waals surface area contributed by atoms with Crippen molar-refractivity contribution >= 4 is 18.2 Å². The normalized spacial score (nSPS) is 33.2. The lowest BCUT2D eigenvalue weighted by Gasteiger charge is -2.16. The summed E-state index contributed by atoms with van der Waals surface area (Å²) in [7, 11) is 0. The molecule has 0 spiro atoms. The van der Waals surface area contributed by atoms with E-state index in [1.165, 1.54) is 0 Å². The summed E-state index contributed by atoms with van der Waals surface area (Å²) in [6.45, 7) is 1.98. The highest BCUT2D eigenvalue weighted by atomic mass is 16.7. The van der Waals surface area contributed by atoms with Gasteiger partial charge in [-0.2, -0.15) is 0 Å². The van der Waals surface area contributed by atoms with Gasteiger partial charge in [0.25, 0.3) is 6.47 Å². The summed E-state index contributed by atoms with van der Waals surface area (Å²) < 4.78 is 15.4. The van der Waals surface area contributed by atoms with Crippen LogP contribution in [0.4, 0.5) is 0 Å². The van der Waals surface area contributed by atoms with Gasteiger partial charge in [-0.15, -0.1) is 0 Å². The van der Waals surface area contributed by atoms with Crippen LogP contribution < -0.4 is 0 Å². The van der Waals surface area contributed by atoms with Crippen molar-refractivity contribution < 1.29 is 28.6 Å². The highest BCUT2D eigenvalue weighted by Gasteiger charge is 2.72. The molecule has 1 aliphatic heterocycles. The zero-order chi connectivity index (χ0) is 15.0. The lowest BCUT2D eigenvalue weighted by Crippen LogP contribution is -2.34. The quantitative estimate of drug-likeness (QED) is 0.452. The second-order valence-corrected chi connectivity index (χ2v) is 5.30. The van der Waals surface area contributed by atoms with Crippen molar-refractivity contribution in [2.45, 2.75) is 24.7 Å². The number of esters is 1.